The maximum Gasteiger partial charge on any atom is 0.229 e. The second-order valence-corrected chi connectivity index (χ2v) is 7.02. The Bertz CT molecular complexity index is 929. The molecule has 0 bridgehead atoms. The van der Waals surface area contributed by atoms with Crippen LogP contribution in [0.3, 0.4) is 0 Å². The topological polar surface area (TPSA) is 87.2 Å². The molecule has 0 atom stereocenters. The van der Waals surface area contributed by atoms with Gasteiger partial charge in [-0.15, -0.1) is 0 Å². The monoisotopic (exact) mass is 379 g/mol. The number of nitrogens with one attached hydrogen (secondary N) is 2. The largest absolute Gasteiger partial charge is 0.508 e. The molecule has 3 rings (SSSR count). The van der Waals surface area contributed by atoms with Gasteiger partial charge in [-0.1, -0.05) is 38.1 Å². The fraction of sp³-hybridized carbons (Fsp3) is 0.273. The van der Waals surface area contributed by atoms with Gasteiger partial charge < -0.3 is 14.8 Å². The van der Waals surface area contributed by atoms with E-state index in [1.807, 2.05) is 50.2 Å². The molecule has 2 aromatic carbocycles. The van der Waals surface area contributed by atoms with E-state index in [4.69, 9.17) is 4.74 Å². The molecule has 146 valence electrons. The number of phenolic OH excluding ortho intramolecular Hbond substituents is 1. The van der Waals surface area contributed by atoms with Crippen LogP contribution in [-0.4, -0.2) is 28.1 Å². The lowest BCUT2D eigenvalue weighted by Gasteiger charge is -2.05. The summed E-state index contributed by atoms with van der Waals surface area (Å²) in [5.74, 6) is 1.28. The highest BCUT2D eigenvalue weighted by atomic mass is 16.5. The SMILES string of the molecule is COc1ccc(Cc2[nH]c(NC(=O)C(C)C)nc2Cc2ccc(O)cc2)cc1. The number of anilines is 1. The van der Waals surface area contributed by atoms with E-state index in [0.29, 0.717) is 18.8 Å². The lowest BCUT2D eigenvalue weighted by atomic mass is 10.0. The molecule has 0 saturated heterocycles. The average Bonchev–Trinajstić information content (AvgIpc) is 3.04. The number of phenols is 1. The summed E-state index contributed by atoms with van der Waals surface area (Å²) in [4.78, 5) is 19.9. The lowest BCUT2D eigenvalue weighted by Crippen LogP contribution is -2.18. The quantitative estimate of drug-likeness (QED) is 0.581. The van der Waals surface area contributed by atoms with Gasteiger partial charge in [0.05, 0.1) is 12.8 Å². The molecule has 1 amide bonds. The Morgan fingerprint density at radius 1 is 1.07 bits per heavy atom. The smallest absolute Gasteiger partial charge is 0.229 e. The Hall–Kier alpha value is -3.28. The minimum absolute atomic E-state index is 0.0825. The highest BCUT2D eigenvalue weighted by molar-refractivity contribution is 5.90. The Morgan fingerprint density at radius 2 is 1.68 bits per heavy atom. The van der Waals surface area contributed by atoms with Crippen LogP contribution in [0.15, 0.2) is 48.5 Å². The molecular formula is C22H25N3O3. The van der Waals surface area contributed by atoms with Crippen molar-refractivity contribution in [2.45, 2.75) is 26.7 Å². The van der Waals surface area contributed by atoms with Crippen molar-refractivity contribution in [3.8, 4) is 11.5 Å². The Morgan fingerprint density at radius 3 is 2.29 bits per heavy atom. The molecule has 3 N–H and O–H groups in total. The number of hydrogen-bond donors (Lipinski definition) is 3. The van der Waals surface area contributed by atoms with E-state index in [1.54, 1.807) is 19.2 Å². The summed E-state index contributed by atoms with van der Waals surface area (Å²) in [7, 11) is 1.64. The van der Waals surface area contributed by atoms with E-state index in [1.165, 1.54) is 0 Å². The van der Waals surface area contributed by atoms with Crippen LogP contribution in [0.25, 0.3) is 0 Å². The third-order valence-electron chi connectivity index (χ3n) is 4.48. The van der Waals surface area contributed by atoms with Gasteiger partial charge >= 0.3 is 0 Å². The second-order valence-electron chi connectivity index (χ2n) is 7.02. The average molecular weight is 379 g/mol. The van der Waals surface area contributed by atoms with Crippen LogP contribution in [0, 0.1) is 5.92 Å². The summed E-state index contributed by atoms with van der Waals surface area (Å²) < 4.78 is 5.21. The minimum Gasteiger partial charge on any atom is -0.508 e. The summed E-state index contributed by atoms with van der Waals surface area (Å²) in [6, 6.07) is 14.9. The maximum absolute atomic E-state index is 12.0. The number of rotatable bonds is 7. The van der Waals surface area contributed by atoms with Gasteiger partial charge in [0.1, 0.15) is 11.5 Å². The molecule has 3 aromatic rings. The summed E-state index contributed by atoms with van der Waals surface area (Å²) in [6.45, 7) is 3.68. The molecule has 0 aliphatic heterocycles. The van der Waals surface area contributed by atoms with Gasteiger partial charge in [-0.2, -0.15) is 0 Å². The van der Waals surface area contributed by atoms with Crippen molar-refractivity contribution in [2.24, 2.45) is 5.92 Å². The predicted molar refractivity (Wildman–Crippen MR) is 109 cm³/mol. The fourth-order valence-electron chi connectivity index (χ4n) is 2.81. The lowest BCUT2D eigenvalue weighted by molar-refractivity contribution is -0.118. The molecule has 0 aliphatic rings. The molecular weight excluding hydrogens is 354 g/mol. The number of imidazole rings is 1. The van der Waals surface area contributed by atoms with Crippen molar-refractivity contribution in [3.05, 3.63) is 71.0 Å². The molecule has 0 spiro atoms. The normalized spacial score (nSPS) is 10.9. The number of methoxy groups -OCH3 is 1. The third-order valence-corrected chi connectivity index (χ3v) is 4.48. The molecule has 0 saturated carbocycles. The number of nitrogens with zero attached hydrogens (tertiary/aromatic N) is 1. The van der Waals surface area contributed by atoms with Crippen molar-refractivity contribution < 1.29 is 14.6 Å². The van der Waals surface area contributed by atoms with E-state index in [2.05, 4.69) is 15.3 Å². The van der Waals surface area contributed by atoms with Crippen LogP contribution in [-0.2, 0) is 17.6 Å². The van der Waals surface area contributed by atoms with Crippen LogP contribution in [0.4, 0.5) is 5.95 Å². The van der Waals surface area contributed by atoms with E-state index in [-0.39, 0.29) is 17.6 Å². The molecule has 1 aromatic heterocycles. The van der Waals surface area contributed by atoms with Crippen molar-refractivity contribution in [1.29, 1.82) is 0 Å². The molecule has 6 nitrogen and oxygen atoms in total. The van der Waals surface area contributed by atoms with Gasteiger partial charge in [0.15, 0.2) is 0 Å². The number of benzene rings is 2. The number of aromatic nitrogens is 2. The Kier molecular flexibility index (Phi) is 5.99. The zero-order valence-electron chi connectivity index (χ0n) is 16.3. The van der Waals surface area contributed by atoms with E-state index in [9.17, 15) is 9.90 Å². The Labute approximate surface area is 164 Å². The summed E-state index contributed by atoms with van der Waals surface area (Å²) in [5.41, 5.74) is 3.94. The zero-order chi connectivity index (χ0) is 20.1. The van der Waals surface area contributed by atoms with Crippen LogP contribution in [0.2, 0.25) is 0 Å². The number of aromatic hydroxyl groups is 1. The fourth-order valence-corrected chi connectivity index (χ4v) is 2.81. The standard InChI is InChI=1S/C22H25N3O3/c1-14(2)21(27)25-22-23-19(12-15-4-8-17(26)9-5-15)20(24-22)13-16-6-10-18(28-3)11-7-16/h4-11,14,26H,12-13H2,1-3H3,(H2,23,24,25,27). The van der Waals surface area contributed by atoms with Gasteiger partial charge in [-0.05, 0) is 35.4 Å². The van der Waals surface area contributed by atoms with Gasteiger partial charge in [0.25, 0.3) is 0 Å². The Balaban J connectivity index is 1.86. The van der Waals surface area contributed by atoms with Crippen LogP contribution in [0.5, 0.6) is 11.5 Å². The van der Waals surface area contributed by atoms with Crippen molar-refractivity contribution in [3.63, 3.8) is 0 Å². The van der Waals surface area contributed by atoms with Crippen LogP contribution >= 0.6 is 0 Å². The number of H-pyrrole nitrogens is 1. The van der Waals surface area contributed by atoms with Crippen LogP contribution in [0.1, 0.15) is 36.4 Å². The molecule has 6 heteroatoms. The zero-order valence-corrected chi connectivity index (χ0v) is 16.3. The molecule has 0 aliphatic carbocycles. The van der Waals surface area contributed by atoms with E-state index >= 15 is 0 Å². The third kappa shape index (κ3) is 4.91. The second kappa shape index (κ2) is 8.61. The first-order chi connectivity index (χ1) is 13.4. The van der Waals surface area contributed by atoms with E-state index in [0.717, 1.165) is 28.3 Å². The molecule has 0 fully saturated rings. The summed E-state index contributed by atoms with van der Waals surface area (Å²) in [6.07, 6.45) is 1.25. The molecule has 0 unspecified atom stereocenters. The maximum atomic E-state index is 12.0. The first-order valence-corrected chi connectivity index (χ1v) is 9.24. The number of carbonyl (C=O) groups is 1. The van der Waals surface area contributed by atoms with Crippen molar-refractivity contribution >= 4 is 11.9 Å². The van der Waals surface area contributed by atoms with Gasteiger partial charge in [0, 0.05) is 24.5 Å². The first kappa shape index (κ1) is 19.5. The van der Waals surface area contributed by atoms with Gasteiger partial charge in [-0.25, -0.2) is 4.98 Å². The number of hydrogen-bond acceptors (Lipinski definition) is 4. The number of ether oxygens (including phenoxy) is 1. The van der Waals surface area contributed by atoms with Gasteiger partial charge in [-0.3, -0.25) is 10.1 Å². The highest BCUT2D eigenvalue weighted by Gasteiger charge is 2.15. The highest BCUT2D eigenvalue weighted by Crippen LogP contribution is 2.21. The molecule has 1 heterocycles. The molecule has 0 radical (unpaired) electrons. The number of aromatic amines is 1. The van der Waals surface area contributed by atoms with Crippen LogP contribution < -0.4 is 10.1 Å². The van der Waals surface area contributed by atoms with Crippen molar-refractivity contribution in [2.75, 3.05) is 12.4 Å². The predicted octanol–water partition coefficient (Wildman–Crippen LogP) is 3.90. The van der Waals surface area contributed by atoms with E-state index < -0.39 is 0 Å². The van der Waals surface area contributed by atoms with Gasteiger partial charge in [0.2, 0.25) is 11.9 Å². The minimum atomic E-state index is -0.129. The van der Waals surface area contributed by atoms with Crippen molar-refractivity contribution in [1.82, 2.24) is 9.97 Å². The first-order valence-electron chi connectivity index (χ1n) is 9.24. The molecule has 28 heavy (non-hydrogen) atoms. The summed E-state index contributed by atoms with van der Waals surface area (Å²) in [5, 5.41) is 12.3. The summed E-state index contributed by atoms with van der Waals surface area (Å²) >= 11 is 0. The number of carbonyl (C=O) groups excluding carboxylic acids is 1. The number of amides is 1.